The van der Waals surface area contributed by atoms with E-state index in [-0.39, 0.29) is 11.5 Å². The van der Waals surface area contributed by atoms with Crippen molar-refractivity contribution in [3.05, 3.63) is 57.5 Å². The Hall–Kier alpha value is -2.47. The predicted octanol–water partition coefficient (Wildman–Crippen LogP) is 4.17. The van der Waals surface area contributed by atoms with Gasteiger partial charge in [0.15, 0.2) is 0 Å². The molecule has 0 aliphatic rings. The van der Waals surface area contributed by atoms with Gasteiger partial charge in [-0.05, 0) is 43.0 Å². The average molecular weight is 369 g/mol. The Kier molecular flexibility index (Phi) is 5.52. The third-order valence-electron chi connectivity index (χ3n) is 4.53. The zero-order valence-electron chi connectivity index (χ0n) is 15.3. The van der Waals surface area contributed by atoms with Crippen molar-refractivity contribution in [1.82, 2.24) is 9.55 Å². The molecule has 26 heavy (non-hydrogen) atoms. The summed E-state index contributed by atoms with van der Waals surface area (Å²) >= 11 is 1.53. The van der Waals surface area contributed by atoms with E-state index in [0.29, 0.717) is 11.8 Å². The summed E-state index contributed by atoms with van der Waals surface area (Å²) in [6, 6.07) is 9.07. The molecule has 136 valence electrons. The molecule has 0 saturated heterocycles. The standard InChI is InChI=1S/C20H23N3O2S/c1-4-13-7-9-14(10-8-13)22-18(24)17(6-3)23-12-21-19-16(20(23)25)11-15(5-2)26-19/h7-12,17H,4-6H2,1-3H3,(H,22,24). The summed E-state index contributed by atoms with van der Waals surface area (Å²) in [6.45, 7) is 6.03. The summed E-state index contributed by atoms with van der Waals surface area (Å²) in [4.78, 5) is 31.8. The van der Waals surface area contributed by atoms with Crippen molar-refractivity contribution < 1.29 is 4.79 Å². The van der Waals surface area contributed by atoms with Crippen LogP contribution in [0, 0.1) is 0 Å². The quantitative estimate of drug-likeness (QED) is 0.709. The Bertz CT molecular complexity index is 973. The molecule has 1 N–H and O–H groups in total. The minimum atomic E-state index is -0.588. The number of aromatic nitrogens is 2. The van der Waals surface area contributed by atoms with Crippen LogP contribution in [-0.4, -0.2) is 15.5 Å². The molecule has 2 heterocycles. The molecular formula is C20H23N3O2S. The highest BCUT2D eigenvalue weighted by Gasteiger charge is 2.21. The van der Waals surface area contributed by atoms with Gasteiger partial charge in [-0.25, -0.2) is 4.98 Å². The number of hydrogen-bond acceptors (Lipinski definition) is 4. The highest BCUT2D eigenvalue weighted by atomic mass is 32.1. The minimum Gasteiger partial charge on any atom is -0.324 e. The van der Waals surface area contributed by atoms with Gasteiger partial charge < -0.3 is 5.32 Å². The number of rotatable bonds is 6. The maximum Gasteiger partial charge on any atom is 0.262 e. The molecule has 0 radical (unpaired) electrons. The van der Waals surface area contributed by atoms with Crippen LogP contribution in [0.3, 0.4) is 0 Å². The highest BCUT2D eigenvalue weighted by molar-refractivity contribution is 7.18. The van der Waals surface area contributed by atoms with Crippen LogP contribution >= 0.6 is 11.3 Å². The monoisotopic (exact) mass is 369 g/mol. The van der Waals surface area contributed by atoms with Crippen molar-refractivity contribution in [3.8, 4) is 0 Å². The van der Waals surface area contributed by atoms with Gasteiger partial charge in [0.05, 0.1) is 11.7 Å². The van der Waals surface area contributed by atoms with Gasteiger partial charge in [0, 0.05) is 10.6 Å². The first kappa shape index (κ1) is 18.3. The Labute approximate surface area is 156 Å². The van der Waals surface area contributed by atoms with Crippen LogP contribution in [0.2, 0.25) is 0 Å². The second-order valence-electron chi connectivity index (χ2n) is 6.21. The summed E-state index contributed by atoms with van der Waals surface area (Å²) < 4.78 is 1.45. The Morgan fingerprint density at radius 2 is 1.92 bits per heavy atom. The average Bonchev–Trinajstić information content (AvgIpc) is 3.09. The maximum atomic E-state index is 12.8. The SMILES string of the molecule is CCc1ccc(NC(=O)C(CC)n2cnc3sc(CC)cc3c2=O)cc1. The van der Waals surface area contributed by atoms with Crippen molar-refractivity contribution in [2.24, 2.45) is 0 Å². The fourth-order valence-electron chi connectivity index (χ4n) is 2.94. The third kappa shape index (κ3) is 3.55. The van der Waals surface area contributed by atoms with Gasteiger partial charge in [0.25, 0.3) is 5.56 Å². The van der Waals surface area contributed by atoms with Crippen LogP contribution in [0.4, 0.5) is 5.69 Å². The van der Waals surface area contributed by atoms with E-state index in [4.69, 9.17) is 0 Å². The van der Waals surface area contributed by atoms with Crippen LogP contribution in [0.5, 0.6) is 0 Å². The first-order valence-corrected chi connectivity index (χ1v) is 9.78. The fourth-order valence-corrected chi connectivity index (χ4v) is 3.87. The van der Waals surface area contributed by atoms with E-state index in [1.807, 2.05) is 37.3 Å². The summed E-state index contributed by atoms with van der Waals surface area (Å²) in [5.41, 5.74) is 1.79. The van der Waals surface area contributed by atoms with E-state index in [2.05, 4.69) is 24.1 Å². The Morgan fingerprint density at radius 3 is 2.54 bits per heavy atom. The van der Waals surface area contributed by atoms with Crippen LogP contribution in [0.1, 0.15) is 43.7 Å². The van der Waals surface area contributed by atoms with E-state index in [0.717, 1.165) is 28.2 Å². The summed E-state index contributed by atoms with van der Waals surface area (Å²) in [6.07, 6.45) is 3.82. The van der Waals surface area contributed by atoms with E-state index in [1.54, 1.807) is 0 Å². The lowest BCUT2D eigenvalue weighted by Crippen LogP contribution is -2.33. The Morgan fingerprint density at radius 1 is 1.19 bits per heavy atom. The van der Waals surface area contributed by atoms with Gasteiger partial charge in [-0.3, -0.25) is 14.2 Å². The van der Waals surface area contributed by atoms with Crippen LogP contribution in [0.15, 0.2) is 41.5 Å². The smallest absolute Gasteiger partial charge is 0.262 e. The fraction of sp³-hybridized carbons (Fsp3) is 0.350. The lowest BCUT2D eigenvalue weighted by molar-refractivity contribution is -0.119. The molecule has 0 bridgehead atoms. The number of carbonyl (C=O) groups excluding carboxylic acids is 1. The summed E-state index contributed by atoms with van der Waals surface area (Å²) in [7, 11) is 0. The first-order valence-electron chi connectivity index (χ1n) is 8.96. The second-order valence-corrected chi connectivity index (χ2v) is 7.32. The number of hydrogen-bond donors (Lipinski definition) is 1. The molecule has 3 aromatic rings. The molecule has 5 nitrogen and oxygen atoms in total. The number of nitrogens with zero attached hydrogens (tertiary/aromatic N) is 2. The van der Waals surface area contributed by atoms with Crippen molar-refractivity contribution in [3.63, 3.8) is 0 Å². The number of nitrogens with one attached hydrogen (secondary N) is 1. The van der Waals surface area contributed by atoms with Crippen LogP contribution in [-0.2, 0) is 17.6 Å². The molecule has 1 amide bonds. The van der Waals surface area contributed by atoms with Gasteiger partial charge in [-0.15, -0.1) is 11.3 Å². The van der Waals surface area contributed by atoms with Gasteiger partial charge >= 0.3 is 0 Å². The molecule has 0 saturated carbocycles. The Balaban J connectivity index is 1.89. The highest BCUT2D eigenvalue weighted by Crippen LogP contribution is 2.22. The van der Waals surface area contributed by atoms with Gasteiger partial charge in [-0.1, -0.05) is 32.9 Å². The zero-order chi connectivity index (χ0) is 18.7. The molecule has 6 heteroatoms. The van der Waals surface area contributed by atoms with Gasteiger partial charge in [0.1, 0.15) is 10.9 Å². The summed E-state index contributed by atoms with van der Waals surface area (Å²) in [5, 5.41) is 3.50. The molecule has 0 spiro atoms. The number of benzene rings is 1. The molecule has 0 aliphatic heterocycles. The predicted molar refractivity (Wildman–Crippen MR) is 107 cm³/mol. The zero-order valence-corrected chi connectivity index (χ0v) is 16.1. The first-order chi connectivity index (χ1) is 12.6. The number of thiophene rings is 1. The van der Waals surface area contributed by atoms with Crippen molar-refractivity contribution in [2.75, 3.05) is 5.32 Å². The van der Waals surface area contributed by atoms with Gasteiger partial charge in [0.2, 0.25) is 5.91 Å². The van der Waals surface area contributed by atoms with Gasteiger partial charge in [-0.2, -0.15) is 0 Å². The third-order valence-corrected chi connectivity index (χ3v) is 5.72. The molecule has 2 aromatic heterocycles. The molecule has 1 atom stereocenters. The van der Waals surface area contributed by atoms with E-state index < -0.39 is 6.04 Å². The van der Waals surface area contributed by atoms with Crippen LogP contribution in [0.25, 0.3) is 10.2 Å². The molecule has 0 fully saturated rings. The molecule has 3 rings (SSSR count). The second kappa shape index (κ2) is 7.83. The minimum absolute atomic E-state index is 0.158. The normalized spacial score (nSPS) is 12.3. The molecule has 1 aromatic carbocycles. The number of aryl methyl sites for hydroxylation is 2. The number of amides is 1. The van der Waals surface area contributed by atoms with Crippen molar-refractivity contribution in [2.45, 2.75) is 46.1 Å². The van der Waals surface area contributed by atoms with Crippen molar-refractivity contribution >= 4 is 33.1 Å². The number of fused-ring (bicyclic) bond motifs is 1. The van der Waals surface area contributed by atoms with E-state index >= 15 is 0 Å². The topological polar surface area (TPSA) is 64.0 Å². The molecule has 0 aliphatic carbocycles. The maximum absolute atomic E-state index is 12.8. The number of carbonyl (C=O) groups is 1. The summed E-state index contributed by atoms with van der Waals surface area (Å²) in [5.74, 6) is -0.203. The lowest BCUT2D eigenvalue weighted by atomic mass is 10.1. The van der Waals surface area contributed by atoms with E-state index in [1.165, 1.54) is 27.8 Å². The van der Waals surface area contributed by atoms with E-state index in [9.17, 15) is 9.59 Å². The van der Waals surface area contributed by atoms with Crippen molar-refractivity contribution in [1.29, 1.82) is 0 Å². The van der Waals surface area contributed by atoms with Crippen LogP contribution < -0.4 is 10.9 Å². The number of anilines is 1. The largest absolute Gasteiger partial charge is 0.324 e. The molecular weight excluding hydrogens is 346 g/mol. The molecule has 1 unspecified atom stereocenters. The lowest BCUT2D eigenvalue weighted by Gasteiger charge is -2.17.